The van der Waals surface area contributed by atoms with Crippen LogP contribution in [-0.4, -0.2) is 12.6 Å². The van der Waals surface area contributed by atoms with Gasteiger partial charge < -0.3 is 4.74 Å². The second-order valence-corrected chi connectivity index (χ2v) is 2.98. The van der Waals surface area contributed by atoms with Crippen molar-refractivity contribution in [3.05, 3.63) is 0 Å². The fourth-order valence-corrected chi connectivity index (χ4v) is 0.709. The van der Waals surface area contributed by atoms with E-state index in [4.69, 9.17) is 0 Å². The molecule has 0 aromatic rings. The molecule has 0 saturated heterocycles. The molecular weight excluding hydrogens is 128 g/mol. The average molecular weight is 143 g/mol. The Morgan fingerprint density at radius 3 is 2.30 bits per heavy atom. The van der Waals surface area contributed by atoms with Crippen LogP contribution >= 0.6 is 0 Å². The van der Waals surface area contributed by atoms with Gasteiger partial charge >= 0.3 is 6.47 Å². The largest absolute Gasteiger partial charge is 0.454 e. The molecule has 0 aliphatic carbocycles. The molecule has 10 heavy (non-hydrogen) atoms. The van der Waals surface area contributed by atoms with Crippen molar-refractivity contribution >= 4 is 6.47 Å². The third-order valence-electron chi connectivity index (χ3n) is 1.40. The van der Waals surface area contributed by atoms with Gasteiger partial charge in [0, 0.05) is 0 Å². The highest BCUT2D eigenvalue weighted by Gasteiger charge is 2.02. The summed E-state index contributed by atoms with van der Waals surface area (Å²) in [7, 11) is 0. The first-order valence-corrected chi connectivity index (χ1v) is 3.69. The maximum atomic E-state index is 9.71. The zero-order valence-corrected chi connectivity index (χ0v) is 6.89. The minimum absolute atomic E-state index is 0.0277. The molecule has 0 heterocycles. The monoisotopic (exact) mass is 143 g/mol. The number of hydrogen-bond donors (Lipinski definition) is 0. The van der Waals surface area contributed by atoms with Crippen LogP contribution in [0, 0.1) is 5.92 Å². The molecule has 0 aliphatic rings. The summed E-state index contributed by atoms with van der Waals surface area (Å²) < 4.78 is 4.59. The van der Waals surface area contributed by atoms with Gasteiger partial charge in [-0.3, -0.25) is 0 Å². The first-order valence-electron chi connectivity index (χ1n) is 3.69. The maximum absolute atomic E-state index is 9.71. The third kappa shape index (κ3) is 5.60. The summed E-state index contributed by atoms with van der Waals surface area (Å²) in [5.41, 5.74) is 0. The number of rotatable bonds is 5. The van der Waals surface area contributed by atoms with Crippen molar-refractivity contribution < 1.29 is 9.53 Å². The molecule has 1 atom stereocenters. The van der Waals surface area contributed by atoms with Gasteiger partial charge in [0.1, 0.15) is 0 Å². The summed E-state index contributed by atoms with van der Waals surface area (Å²) in [6.07, 6.45) is 2.07. The molecule has 1 unspecified atom stereocenters. The van der Waals surface area contributed by atoms with E-state index >= 15 is 0 Å². The van der Waals surface area contributed by atoms with Crippen LogP contribution in [0.25, 0.3) is 0 Å². The molecule has 59 valence electrons. The van der Waals surface area contributed by atoms with Crippen molar-refractivity contribution in [3.8, 4) is 0 Å². The minimum Gasteiger partial charge on any atom is -0.454 e. The molecule has 0 saturated carbocycles. The summed E-state index contributed by atoms with van der Waals surface area (Å²) >= 11 is 0. The highest BCUT2D eigenvalue weighted by molar-refractivity contribution is 5.38. The predicted octanol–water partition coefficient (Wildman–Crippen LogP) is 1.89. The van der Waals surface area contributed by atoms with E-state index in [0.717, 1.165) is 12.8 Å². The Hall–Kier alpha value is -0.530. The van der Waals surface area contributed by atoms with Crippen LogP contribution in [0.1, 0.15) is 33.6 Å². The Morgan fingerprint density at radius 1 is 1.30 bits per heavy atom. The van der Waals surface area contributed by atoms with Gasteiger partial charge in [0.25, 0.3) is 0 Å². The lowest BCUT2D eigenvalue weighted by Crippen LogP contribution is -2.07. The second-order valence-electron chi connectivity index (χ2n) is 2.98. The van der Waals surface area contributed by atoms with Gasteiger partial charge in [0.05, 0.1) is 6.10 Å². The lowest BCUT2D eigenvalue weighted by molar-refractivity contribution is 0.177. The topological polar surface area (TPSA) is 26.3 Å². The third-order valence-corrected chi connectivity index (χ3v) is 1.40. The minimum atomic E-state index is 0.0277. The Balaban J connectivity index is 3.20. The van der Waals surface area contributed by atoms with E-state index in [9.17, 15) is 4.79 Å². The molecule has 0 aromatic heterocycles. The van der Waals surface area contributed by atoms with E-state index in [-0.39, 0.29) is 6.10 Å². The molecule has 0 amide bonds. The lowest BCUT2D eigenvalue weighted by Gasteiger charge is -2.09. The molecule has 0 fully saturated rings. The fourth-order valence-electron chi connectivity index (χ4n) is 0.709. The molecule has 2 heteroatoms. The number of hydrogen-bond acceptors (Lipinski definition) is 2. The highest BCUT2D eigenvalue weighted by atomic mass is 16.5. The van der Waals surface area contributed by atoms with Crippen LogP contribution in [0.3, 0.4) is 0 Å². The van der Waals surface area contributed by atoms with Crippen LogP contribution in [0.4, 0.5) is 0 Å². The summed E-state index contributed by atoms with van der Waals surface area (Å²) in [5.74, 6) is 0.678. The Kier molecular flexibility index (Phi) is 4.99. The van der Waals surface area contributed by atoms with E-state index in [1.807, 2.05) is 6.92 Å². The van der Waals surface area contributed by atoms with E-state index in [1.54, 1.807) is 0 Å². The van der Waals surface area contributed by atoms with E-state index in [2.05, 4.69) is 18.6 Å². The molecule has 0 rings (SSSR count). The van der Waals surface area contributed by atoms with Gasteiger partial charge in [-0.15, -0.1) is 0 Å². The smallest absolute Gasteiger partial charge is 0.417 e. The Labute approximate surface area is 62.6 Å². The molecule has 1 radical (unpaired) electrons. The second kappa shape index (κ2) is 5.27. The predicted molar refractivity (Wildman–Crippen MR) is 40.3 cm³/mol. The van der Waals surface area contributed by atoms with Crippen molar-refractivity contribution in [2.45, 2.75) is 39.7 Å². The van der Waals surface area contributed by atoms with E-state index < -0.39 is 0 Å². The average Bonchev–Trinajstić information content (AvgIpc) is 1.85. The van der Waals surface area contributed by atoms with Crippen LogP contribution in [0.15, 0.2) is 0 Å². The van der Waals surface area contributed by atoms with Gasteiger partial charge in [-0.25, -0.2) is 4.79 Å². The van der Waals surface area contributed by atoms with Crippen LogP contribution in [-0.2, 0) is 9.53 Å². The van der Waals surface area contributed by atoms with Gasteiger partial charge in [0.2, 0.25) is 0 Å². The van der Waals surface area contributed by atoms with Crippen molar-refractivity contribution in [2.24, 2.45) is 5.92 Å². The van der Waals surface area contributed by atoms with Gasteiger partial charge in [-0.05, 0) is 25.7 Å². The summed E-state index contributed by atoms with van der Waals surface area (Å²) in [5, 5.41) is 0. The number of ether oxygens (including phenoxy) is 1. The van der Waals surface area contributed by atoms with Gasteiger partial charge in [-0.2, -0.15) is 0 Å². The molecule has 0 spiro atoms. The molecule has 0 aromatic carbocycles. The van der Waals surface area contributed by atoms with Crippen molar-refractivity contribution in [1.29, 1.82) is 0 Å². The highest BCUT2D eigenvalue weighted by Crippen LogP contribution is 2.07. The first kappa shape index (κ1) is 9.47. The standard InChI is InChI=1S/C8H15O2/c1-7(2)4-5-8(3)10-6-9/h7-8H,4-5H2,1-3H3. The van der Waals surface area contributed by atoms with Crippen molar-refractivity contribution in [1.82, 2.24) is 0 Å². The fraction of sp³-hybridized carbons (Fsp3) is 0.875. The van der Waals surface area contributed by atoms with Crippen LogP contribution in [0.2, 0.25) is 0 Å². The summed E-state index contributed by atoms with van der Waals surface area (Å²) in [4.78, 5) is 9.71. The van der Waals surface area contributed by atoms with E-state index in [1.165, 1.54) is 6.47 Å². The molecule has 0 bridgehead atoms. The zero-order valence-electron chi connectivity index (χ0n) is 6.89. The number of carbonyl (C=O) groups excluding carboxylic acids is 1. The van der Waals surface area contributed by atoms with Gasteiger partial charge in [-0.1, -0.05) is 13.8 Å². The van der Waals surface area contributed by atoms with Crippen LogP contribution in [0.5, 0.6) is 0 Å². The normalized spacial score (nSPS) is 13.2. The SMILES string of the molecule is CC(C)CCC(C)O[C]=O. The first-order chi connectivity index (χ1) is 4.66. The zero-order chi connectivity index (χ0) is 7.98. The van der Waals surface area contributed by atoms with E-state index in [0.29, 0.717) is 5.92 Å². The maximum Gasteiger partial charge on any atom is 0.417 e. The van der Waals surface area contributed by atoms with Gasteiger partial charge in [0.15, 0.2) is 0 Å². The molecular formula is C8H15O2. The Bertz CT molecular complexity index is 89.3. The molecule has 0 N–H and O–H groups in total. The molecule has 2 nitrogen and oxygen atoms in total. The summed E-state index contributed by atoms with van der Waals surface area (Å²) in [6, 6.07) is 0. The molecule has 0 aliphatic heterocycles. The quantitative estimate of drug-likeness (QED) is 0.587. The summed E-state index contributed by atoms with van der Waals surface area (Å²) in [6.45, 7) is 7.62. The van der Waals surface area contributed by atoms with Crippen LogP contribution < -0.4 is 0 Å². The lowest BCUT2D eigenvalue weighted by atomic mass is 10.1. The van der Waals surface area contributed by atoms with Crippen molar-refractivity contribution in [3.63, 3.8) is 0 Å². The Morgan fingerprint density at radius 2 is 1.90 bits per heavy atom. The van der Waals surface area contributed by atoms with Crippen molar-refractivity contribution in [2.75, 3.05) is 0 Å².